The number of carbonyl (C=O) groups excluding carboxylic acids is 1. The van der Waals surface area contributed by atoms with Gasteiger partial charge >= 0.3 is 0 Å². The molecular formula is C18H19ClN2O4. The lowest BCUT2D eigenvalue weighted by molar-refractivity contribution is -0.0470. The smallest absolute Gasteiger partial charge is 0.254 e. The van der Waals surface area contributed by atoms with Gasteiger partial charge in [0.25, 0.3) is 5.91 Å². The molecule has 25 heavy (non-hydrogen) atoms. The van der Waals surface area contributed by atoms with E-state index in [1.807, 2.05) is 18.2 Å². The van der Waals surface area contributed by atoms with Crippen LogP contribution in [0.15, 0.2) is 42.6 Å². The minimum Gasteiger partial charge on any atom is -0.506 e. The molecule has 0 saturated carbocycles. The third-order valence-corrected chi connectivity index (χ3v) is 5.13. The van der Waals surface area contributed by atoms with Gasteiger partial charge in [-0.2, -0.15) is 0 Å². The predicted molar refractivity (Wildman–Crippen MR) is 92.5 cm³/mol. The number of aromatic nitrogens is 1. The van der Waals surface area contributed by atoms with Crippen molar-refractivity contribution in [2.24, 2.45) is 0 Å². The van der Waals surface area contributed by atoms with Crippen LogP contribution in [0.4, 0.5) is 0 Å². The number of hydrogen-bond acceptors (Lipinski definition) is 5. The fourth-order valence-corrected chi connectivity index (χ4v) is 3.64. The highest BCUT2D eigenvalue weighted by molar-refractivity contribution is 6.32. The van der Waals surface area contributed by atoms with E-state index >= 15 is 0 Å². The fourth-order valence-electron chi connectivity index (χ4n) is 3.46. The molecule has 1 aromatic carbocycles. The largest absolute Gasteiger partial charge is 0.506 e. The number of phenolic OH excluding ortho intramolecular Hbond substituents is 1. The van der Waals surface area contributed by atoms with Crippen molar-refractivity contribution < 1.29 is 20.8 Å². The van der Waals surface area contributed by atoms with Crippen molar-refractivity contribution in [3.05, 3.63) is 58.9 Å². The first-order valence-electron chi connectivity index (χ1n) is 8.05. The summed E-state index contributed by atoms with van der Waals surface area (Å²) in [6.45, 7) is 1.12. The molecule has 0 bridgehead atoms. The van der Waals surface area contributed by atoms with Crippen LogP contribution in [-0.2, 0) is 15.1 Å². The topological polar surface area (TPSA) is 71.9 Å². The van der Waals surface area contributed by atoms with E-state index in [1.54, 1.807) is 17.2 Å². The van der Waals surface area contributed by atoms with E-state index in [4.69, 9.17) is 21.1 Å². The SMILES string of the molecule is O=C(c1ccc(O)c(Cl)c1)N1CCC2(c3ccccn3)OCOC2C1.[HH]. The van der Waals surface area contributed by atoms with Gasteiger partial charge in [0.15, 0.2) is 0 Å². The zero-order valence-corrected chi connectivity index (χ0v) is 14.1. The van der Waals surface area contributed by atoms with Crippen LogP contribution in [0.3, 0.4) is 0 Å². The number of halogens is 1. The Bertz CT molecular complexity index is 807. The number of carbonyl (C=O) groups is 1. The van der Waals surface area contributed by atoms with Crippen LogP contribution in [0.2, 0.25) is 5.02 Å². The molecule has 3 heterocycles. The van der Waals surface area contributed by atoms with E-state index < -0.39 is 5.60 Å². The average Bonchev–Trinajstić information content (AvgIpc) is 3.08. The number of aromatic hydroxyl groups is 1. The minimum absolute atomic E-state index is 0. The number of hydrogen-bond donors (Lipinski definition) is 1. The monoisotopic (exact) mass is 362 g/mol. The molecule has 2 aromatic rings. The molecule has 0 spiro atoms. The molecule has 6 nitrogen and oxygen atoms in total. The van der Waals surface area contributed by atoms with Crippen molar-refractivity contribution in [1.82, 2.24) is 9.88 Å². The zero-order valence-electron chi connectivity index (χ0n) is 13.4. The van der Waals surface area contributed by atoms with E-state index in [9.17, 15) is 9.90 Å². The lowest BCUT2D eigenvalue weighted by atomic mass is 9.85. The van der Waals surface area contributed by atoms with Gasteiger partial charge in [-0.05, 0) is 30.3 Å². The lowest BCUT2D eigenvalue weighted by Gasteiger charge is -2.41. The highest BCUT2D eigenvalue weighted by atomic mass is 35.5. The van der Waals surface area contributed by atoms with E-state index in [1.165, 1.54) is 12.1 Å². The molecular weight excluding hydrogens is 344 g/mol. The van der Waals surface area contributed by atoms with Crippen LogP contribution in [0.25, 0.3) is 0 Å². The van der Waals surface area contributed by atoms with Crippen molar-refractivity contribution in [2.45, 2.75) is 18.1 Å². The van der Waals surface area contributed by atoms with Crippen LogP contribution >= 0.6 is 11.6 Å². The second-order valence-corrected chi connectivity index (χ2v) is 6.60. The number of piperidine rings is 1. The number of pyridine rings is 1. The van der Waals surface area contributed by atoms with E-state index in [0.29, 0.717) is 25.1 Å². The van der Waals surface area contributed by atoms with Crippen molar-refractivity contribution in [3.8, 4) is 5.75 Å². The molecule has 2 fully saturated rings. The summed E-state index contributed by atoms with van der Waals surface area (Å²) in [7, 11) is 0. The standard InChI is InChI=1S/C18H17ClN2O4.H2/c19-13-9-12(4-5-14(13)22)17(23)21-8-6-18(15-3-1-2-7-20-15)16(10-21)24-11-25-18;/h1-5,7,9,16,22H,6,8,10-11H2;1H. The first-order chi connectivity index (χ1) is 12.1. The third kappa shape index (κ3) is 2.76. The maximum atomic E-state index is 12.8. The second-order valence-electron chi connectivity index (χ2n) is 6.19. The maximum absolute atomic E-state index is 12.8. The Balaban J connectivity index is 0.00000196. The molecule has 2 aliphatic heterocycles. The Kier molecular flexibility index (Phi) is 4.11. The van der Waals surface area contributed by atoms with Crippen LogP contribution in [0.5, 0.6) is 5.75 Å². The van der Waals surface area contributed by atoms with E-state index in [2.05, 4.69) is 4.98 Å². The molecule has 0 radical (unpaired) electrons. The van der Waals surface area contributed by atoms with Crippen LogP contribution in [0.1, 0.15) is 23.9 Å². The Labute approximate surface area is 151 Å². The average molecular weight is 363 g/mol. The van der Waals surface area contributed by atoms with Crippen LogP contribution in [0, 0.1) is 0 Å². The summed E-state index contributed by atoms with van der Waals surface area (Å²) in [4.78, 5) is 18.9. The fraction of sp³-hybridized carbons (Fsp3) is 0.333. The van der Waals surface area contributed by atoms with Gasteiger partial charge in [-0.1, -0.05) is 17.7 Å². The molecule has 1 aromatic heterocycles. The molecule has 1 amide bonds. The number of fused-ring (bicyclic) bond motifs is 1. The van der Waals surface area contributed by atoms with Gasteiger partial charge < -0.3 is 19.5 Å². The molecule has 7 heteroatoms. The second kappa shape index (κ2) is 6.29. The number of benzene rings is 1. The quantitative estimate of drug-likeness (QED) is 0.889. The highest BCUT2D eigenvalue weighted by Crippen LogP contribution is 2.41. The first kappa shape index (κ1) is 16.3. The van der Waals surface area contributed by atoms with Crippen molar-refractivity contribution in [3.63, 3.8) is 0 Å². The number of likely N-dealkylation sites (tertiary alicyclic amines) is 1. The molecule has 1 N–H and O–H groups in total. The molecule has 4 rings (SSSR count). The van der Waals surface area contributed by atoms with Gasteiger partial charge in [0.05, 0.1) is 17.3 Å². The molecule has 0 aliphatic carbocycles. The molecule has 2 aliphatic rings. The lowest BCUT2D eigenvalue weighted by Crippen LogP contribution is -2.53. The Morgan fingerprint density at radius 2 is 2.28 bits per heavy atom. The molecule has 2 atom stereocenters. The number of ether oxygens (including phenoxy) is 2. The maximum Gasteiger partial charge on any atom is 0.254 e. The number of phenols is 1. The normalized spacial score (nSPS) is 25.6. The first-order valence-corrected chi connectivity index (χ1v) is 8.43. The summed E-state index contributed by atoms with van der Waals surface area (Å²) in [6, 6.07) is 10.2. The number of amides is 1. The Morgan fingerprint density at radius 1 is 1.40 bits per heavy atom. The summed E-state index contributed by atoms with van der Waals surface area (Å²) in [6.07, 6.45) is 2.07. The third-order valence-electron chi connectivity index (χ3n) is 4.83. The summed E-state index contributed by atoms with van der Waals surface area (Å²) in [5.74, 6) is -0.189. The number of nitrogens with zero attached hydrogens (tertiary/aromatic N) is 2. The molecule has 132 valence electrons. The molecule has 2 unspecified atom stereocenters. The van der Waals surface area contributed by atoms with Crippen molar-refractivity contribution in [1.29, 1.82) is 0 Å². The zero-order chi connectivity index (χ0) is 17.4. The van der Waals surface area contributed by atoms with Gasteiger partial charge in [-0.25, -0.2) is 0 Å². The predicted octanol–water partition coefficient (Wildman–Crippen LogP) is 2.80. The van der Waals surface area contributed by atoms with Crippen molar-refractivity contribution >= 4 is 17.5 Å². The van der Waals surface area contributed by atoms with Crippen LogP contribution in [-0.4, -0.2) is 46.9 Å². The van der Waals surface area contributed by atoms with Gasteiger partial charge in [0.2, 0.25) is 0 Å². The van der Waals surface area contributed by atoms with Gasteiger partial charge in [-0.3, -0.25) is 9.78 Å². The number of rotatable bonds is 2. The van der Waals surface area contributed by atoms with Gasteiger partial charge in [-0.15, -0.1) is 0 Å². The van der Waals surface area contributed by atoms with E-state index in [-0.39, 0.29) is 31.0 Å². The highest BCUT2D eigenvalue weighted by Gasteiger charge is 2.52. The summed E-state index contributed by atoms with van der Waals surface area (Å²) >= 11 is 5.91. The Hall–Kier alpha value is -2.15. The van der Waals surface area contributed by atoms with Crippen LogP contribution < -0.4 is 0 Å². The van der Waals surface area contributed by atoms with Crippen molar-refractivity contribution in [2.75, 3.05) is 19.9 Å². The molecule has 2 saturated heterocycles. The van der Waals surface area contributed by atoms with Gasteiger partial charge in [0, 0.05) is 26.2 Å². The Morgan fingerprint density at radius 3 is 3.04 bits per heavy atom. The summed E-state index contributed by atoms with van der Waals surface area (Å²) in [5, 5.41) is 9.68. The summed E-state index contributed by atoms with van der Waals surface area (Å²) in [5.41, 5.74) is 0.661. The minimum atomic E-state index is -0.607. The summed E-state index contributed by atoms with van der Waals surface area (Å²) < 4.78 is 11.7. The van der Waals surface area contributed by atoms with Gasteiger partial charge in [0.1, 0.15) is 24.2 Å². The van der Waals surface area contributed by atoms with E-state index in [0.717, 1.165) is 5.69 Å².